The summed E-state index contributed by atoms with van der Waals surface area (Å²) in [5.74, 6) is -0.466. The van der Waals surface area contributed by atoms with Gasteiger partial charge in [0.1, 0.15) is 16.5 Å². The summed E-state index contributed by atoms with van der Waals surface area (Å²) in [6.07, 6.45) is 0. The summed E-state index contributed by atoms with van der Waals surface area (Å²) in [7, 11) is 0. The Hall–Kier alpha value is -1.91. The third-order valence-electron chi connectivity index (χ3n) is 2.40. The van der Waals surface area contributed by atoms with Crippen molar-refractivity contribution in [2.75, 3.05) is 5.73 Å². The zero-order valence-electron chi connectivity index (χ0n) is 9.56. The van der Waals surface area contributed by atoms with Crippen LogP contribution in [-0.2, 0) is 0 Å². The highest BCUT2D eigenvalue weighted by Crippen LogP contribution is 2.35. The lowest BCUT2D eigenvalue weighted by Crippen LogP contribution is -2.02. The number of hydrogen-bond donors (Lipinski definition) is 2. The normalized spacial score (nSPS) is 10.2. The Bertz CT molecular complexity index is 644. The van der Waals surface area contributed by atoms with E-state index in [9.17, 15) is 4.79 Å². The molecule has 0 spiro atoms. The molecule has 19 heavy (non-hydrogen) atoms. The van der Waals surface area contributed by atoms with Crippen molar-refractivity contribution in [3.05, 3.63) is 52.0 Å². The zero-order chi connectivity index (χ0) is 14.0. The molecule has 0 unspecified atom stereocenters. The molecule has 2 aromatic rings. The fourth-order valence-corrected chi connectivity index (χ4v) is 1.80. The van der Waals surface area contributed by atoms with Crippen LogP contribution in [-0.4, -0.2) is 11.1 Å². The number of aromatic carboxylic acids is 1. The van der Waals surface area contributed by atoms with Gasteiger partial charge in [-0.05, 0) is 30.3 Å². The predicted molar refractivity (Wildman–Crippen MR) is 74.3 cm³/mol. The number of halogens is 2. The maximum absolute atomic E-state index is 11.0. The molecule has 0 aliphatic rings. The maximum atomic E-state index is 11.0. The van der Waals surface area contributed by atoms with Gasteiger partial charge >= 0.3 is 5.97 Å². The number of carbonyl (C=O) groups is 1. The van der Waals surface area contributed by atoms with Crippen molar-refractivity contribution >= 4 is 34.9 Å². The van der Waals surface area contributed by atoms with Gasteiger partial charge in [0, 0.05) is 5.69 Å². The molecule has 98 valence electrons. The van der Waals surface area contributed by atoms with Gasteiger partial charge in [-0.2, -0.15) is 0 Å². The minimum Gasteiger partial charge on any atom is -0.478 e. The van der Waals surface area contributed by atoms with Crippen molar-refractivity contribution in [2.45, 2.75) is 0 Å². The molecule has 6 heteroatoms. The Morgan fingerprint density at radius 1 is 1.21 bits per heavy atom. The van der Waals surface area contributed by atoms with Crippen LogP contribution < -0.4 is 10.5 Å². The van der Waals surface area contributed by atoms with Crippen LogP contribution in [0.25, 0.3) is 0 Å². The number of hydrogen-bond acceptors (Lipinski definition) is 3. The Morgan fingerprint density at radius 3 is 2.63 bits per heavy atom. The Balaban J connectivity index is 2.36. The van der Waals surface area contributed by atoms with Crippen LogP contribution >= 0.6 is 23.2 Å². The first-order valence-corrected chi connectivity index (χ1v) is 5.99. The molecule has 0 heterocycles. The van der Waals surface area contributed by atoms with E-state index in [4.69, 9.17) is 38.8 Å². The van der Waals surface area contributed by atoms with Crippen molar-refractivity contribution in [1.29, 1.82) is 0 Å². The molecule has 0 radical (unpaired) electrons. The lowest BCUT2D eigenvalue weighted by Gasteiger charge is -2.10. The lowest BCUT2D eigenvalue weighted by atomic mass is 10.2. The number of ether oxygens (including phenoxy) is 1. The third kappa shape index (κ3) is 2.92. The standard InChI is InChI=1S/C13H9Cl2NO3/c14-9-2-1-3-11(12(9)15)19-7-4-5-10(16)8(6-7)13(17)18/h1-6H,16H2,(H,17,18). The Kier molecular flexibility index (Phi) is 3.83. The molecule has 0 bridgehead atoms. The molecule has 0 aliphatic carbocycles. The number of nitrogen functional groups attached to an aromatic ring is 1. The summed E-state index contributed by atoms with van der Waals surface area (Å²) in [5, 5.41) is 9.59. The van der Waals surface area contributed by atoms with E-state index < -0.39 is 5.97 Å². The monoisotopic (exact) mass is 297 g/mol. The molecule has 4 nitrogen and oxygen atoms in total. The largest absolute Gasteiger partial charge is 0.478 e. The van der Waals surface area contributed by atoms with Crippen LogP contribution in [0.1, 0.15) is 10.4 Å². The number of carboxylic acid groups (broad SMARTS) is 1. The number of benzene rings is 2. The number of nitrogens with two attached hydrogens (primary N) is 1. The molecule has 0 amide bonds. The smallest absolute Gasteiger partial charge is 0.337 e. The molecule has 2 aromatic carbocycles. The van der Waals surface area contributed by atoms with Crippen LogP contribution in [0.15, 0.2) is 36.4 Å². The summed E-state index contributed by atoms with van der Waals surface area (Å²) in [5.41, 5.74) is 5.69. The summed E-state index contributed by atoms with van der Waals surface area (Å²) < 4.78 is 5.50. The fourth-order valence-electron chi connectivity index (χ4n) is 1.47. The fraction of sp³-hybridized carbons (Fsp3) is 0. The van der Waals surface area contributed by atoms with E-state index in [1.165, 1.54) is 12.1 Å². The topological polar surface area (TPSA) is 72.5 Å². The molecule has 2 rings (SSSR count). The van der Waals surface area contributed by atoms with Gasteiger partial charge in [0.2, 0.25) is 0 Å². The number of anilines is 1. The van der Waals surface area contributed by atoms with Crippen molar-refractivity contribution in [2.24, 2.45) is 0 Å². The third-order valence-corrected chi connectivity index (χ3v) is 3.20. The van der Waals surface area contributed by atoms with Gasteiger partial charge in [0.05, 0.1) is 10.6 Å². The summed E-state index contributed by atoms with van der Waals surface area (Å²) in [6, 6.07) is 9.28. The lowest BCUT2D eigenvalue weighted by molar-refractivity contribution is 0.0697. The van der Waals surface area contributed by atoms with Gasteiger partial charge in [-0.25, -0.2) is 4.79 Å². The first kappa shape index (κ1) is 13.5. The minimum atomic E-state index is -1.12. The second-order valence-corrected chi connectivity index (χ2v) is 4.49. The van der Waals surface area contributed by atoms with Crippen molar-refractivity contribution in [3.63, 3.8) is 0 Å². The maximum Gasteiger partial charge on any atom is 0.337 e. The minimum absolute atomic E-state index is 0.0318. The molecule has 0 saturated carbocycles. The van der Waals surface area contributed by atoms with E-state index in [0.717, 1.165) is 0 Å². The summed E-state index contributed by atoms with van der Waals surface area (Å²) >= 11 is 11.8. The Morgan fingerprint density at radius 2 is 1.95 bits per heavy atom. The molecule has 0 aliphatic heterocycles. The summed E-state index contributed by atoms with van der Waals surface area (Å²) in [4.78, 5) is 11.0. The van der Waals surface area contributed by atoms with E-state index in [2.05, 4.69) is 0 Å². The SMILES string of the molecule is Nc1ccc(Oc2cccc(Cl)c2Cl)cc1C(=O)O. The molecule has 0 atom stereocenters. The van der Waals surface area contributed by atoms with Gasteiger partial charge in [-0.15, -0.1) is 0 Å². The Labute approximate surface area is 119 Å². The summed E-state index contributed by atoms with van der Waals surface area (Å²) in [6.45, 7) is 0. The molecular weight excluding hydrogens is 289 g/mol. The average molecular weight is 298 g/mol. The van der Waals surface area contributed by atoms with Gasteiger partial charge in [0.25, 0.3) is 0 Å². The zero-order valence-corrected chi connectivity index (χ0v) is 11.1. The second kappa shape index (κ2) is 5.38. The van der Waals surface area contributed by atoms with Gasteiger partial charge < -0.3 is 15.6 Å². The molecule has 0 saturated heterocycles. The van der Waals surface area contributed by atoms with Crippen LogP contribution in [0.5, 0.6) is 11.5 Å². The second-order valence-electron chi connectivity index (χ2n) is 3.71. The number of rotatable bonds is 3. The molecule has 0 fully saturated rings. The van der Waals surface area contributed by atoms with E-state index in [1.807, 2.05) is 0 Å². The van der Waals surface area contributed by atoms with E-state index >= 15 is 0 Å². The highest BCUT2D eigenvalue weighted by molar-refractivity contribution is 6.42. The van der Waals surface area contributed by atoms with Crippen LogP contribution in [0.2, 0.25) is 10.0 Å². The van der Waals surface area contributed by atoms with Crippen LogP contribution in [0, 0.1) is 0 Å². The van der Waals surface area contributed by atoms with Crippen LogP contribution in [0.4, 0.5) is 5.69 Å². The molecule has 3 N–H and O–H groups in total. The van der Waals surface area contributed by atoms with E-state index in [0.29, 0.717) is 16.5 Å². The quantitative estimate of drug-likeness (QED) is 0.838. The highest BCUT2D eigenvalue weighted by atomic mass is 35.5. The average Bonchev–Trinajstić information content (AvgIpc) is 2.37. The van der Waals surface area contributed by atoms with Gasteiger partial charge in [-0.3, -0.25) is 0 Å². The predicted octanol–water partition coefficient (Wildman–Crippen LogP) is 4.07. The van der Waals surface area contributed by atoms with Gasteiger partial charge in [-0.1, -0.05) is 29.3 Å². The number of carboxylic acids is 1. The first-order chi connectivity index (χ1) is 8.99. The van der Waals surface area contributed by atoms with Crippen molar-refractivity contribution in [3.8, 4) is 11.5 Å². The van der Waals surface area contributed by atoms with E-state index in [1.54, 1.807) is 24.3 Å². The first-order valence-electron chi connectivity index (χ1n) is 5.23. The van der Waals surface area contributed by atoms with E-state index in [-0.39, 0.29) is 16.3 Å². The van der Waals surface area contributed by atoms with Crippen LogP contribution in [0.3, 0.4) is 0 Å². The molecule has 0 aromatic heterocycles. The highest BCUT2D eigenvalue weighted by Gasteiger charge is 2.11. The molecular formula is C13H9Cl2NO3. The van der Waals surface area contributed by atoms with Gasteiger partial charge in [0.15, 0.2) is 0 Å². The van der Waals surface area contributed by atoms with Crippen molar-refractivity contribution in [1.82, 2.24) is 0 Å². The van der Waals surface area contributed by atoms with Crippen molar-refractivity contribution < 1.29 is 14.6 Å².